The second kappa shape index (κ2) is 6.02. The van der Waals surface area contributed by atoms with Gasteiger partial charge in [0.05, 0.1) is 17.2 Å². The Hall–Kier alpha value is -1.62. The van der Waals surface area contributed by atoms with Crippen molar-refractivity contribution in [3.63, 3.8) is 0 Å². The monoisotopic (exact) mass is 291 g/mol. The normalized spacial score (nSPS) is 10.5. The number of aliphatic carboxylic acids is 1. The van der Waals surface area contributed by atoms with Crippen LogP contribution in [0.2, 0.25) is 0 Å². The first-order valence-electron chi connectivity index (χ1n) is 6.24. The zero-order chi connectivity index (χ0) is 14.3. The van der Waals surface area contributed by atoms with Crippen LogP contribution < -0.4 is 5.43 Å². The minimum atomic E-state index is -0.954. The fourth-order valence-electron chi connectivity index (χ4n) is 2.45. The predicted octanol–water partition coefficient (Wildman–Crippen LogP) is 2.50. The summed E-state index contributed by atoms with van der Waals surface area (Å²) in [7, 11) is 0. The molecule has 0 atom stereocenters. The third-order valence-corrected chi connectivity index (χ3v) is 3.36. The van der Waals surface area contributed by atoms with E-state index in [4.69, 9.17) is 9.52 Å². The molecule has 3 rings (SSSR count). The van der Waals surface area contributed by atoms with Crippen LogP contribution in [0.5, 0.6) is 0 Å². The molecule has 0 unspecified atom stereocenters. The molecule has 5 heteroatoms. The Morgan fingerprint density at radius 3 is 2.62 bits per heavy atom. The number of para-hydroxylation sites is 1. The van der Waals surface area contributed by atoms with Crippen LogP contribution in [0.25, 0.3) is 21.9 Å². The van der Waals surface area contributed by atoms with E-state index in [-0.39, 0.29) is 41.4 Å². The fourth-order valence-corrected chi connectivity index (χ4v) is 2.45. The van der Waals surface area contributed by atoms with Gasteiger partial charge < -0.3 is 9.52 Å². The summed E-state index contributed by atoms with van der Waals surface area (Å²) in [5.41, 5.74) is 2.09. The quantitative estimate of drug-likeness (QED) is 0.582. The van der Waals surface area contributed by atoms with Gasteiger partial charge in [-0.3, -0.25) is 9.59 Å². The number of hydrogen-bond acceptors (Lipinski definition) is 3. The van der Waals surface area contributed by atoms with E-state index in [2.05, 4.69) is 0 Å². The van der Waals surface area contributed by atoms with Gasteiger partial charge in [-0.15, -0.1) is 0 Å². The van der Waals surface area contributed by atoms with Gasteiger partial charge in [0, 0.05) is 35.1 Å². The number of hydrogen-bond donors (Lipinski definition) is 1. The average Bonchev–Trinajstić information content (AvgIpc) is 2.39. The Morgan fingerprint density at radius 1 is 1.19 bits per heavy atom. The first kappa shape index (κ1) is 15.8. The van der Waals surface area contributed by atoms with Crippen molar-refractivity contribution in [1.29, 1.82) is 0 Å². The zero-order valence-corrected chi connectivity index (χ0v) is 13.8. The molecule has 0 aliphatic carbocycles. The molecule has 21 heavy (non-hydrogen) atoms. The van der Waals surface area contributed by atoms with Crippen LogP contribution >= 0.6 is 0 Å². The van der Waals surface area contributed by atoms with Crippen molar-refractivity contribution in [2.24, 2.45) is 0 Å². The molecule has 0 bridgehead atoms. The maximum atomic E-state index is 12.5. The van der Waals surface area contributed by atoms with Gasteiger partial charge in [0.2, 0.25) is 5.43 Å². The number of benzene rings is 2. The Balaban J connectivity index is 0.00000161. The van der Waals surface area contributed by atoms with E-state index in [9.17, 15) is 9.59 Å². The number of aryl methyl sites for hydroxylation is 1. The molecule has 1 N–H and O–H groups in total. The van der Waals surface area contributed by atoms with Gasteiger partial charge in [-0.2, -0.15) is 0 Å². The van der Waals surface area contributed by atoms with E-state index in [1.165, 1.54) is 0 Å². The van der Waals surface area contributed by atoms with E-state index in [1.807, 2.05) is 19.1 Å². The maximum absolute atomic E-state index is 12.5. The van der Waals surface area contributed by atoms with Crippen LogP contribution in [0.15, 0.2) is 45.6 Å². The number of carboxylic acid groups (broad SMARTS) is 1. The first-order chi connectivity index (χ1) is 9.58. The molecule has 0 aliphatic rings. The van der Waals surface area contributed by atoms with E-state index in [0.717, 1.165) is 5.56 Å². The standard InChI is InChI=1S/C16H12O4.Na/c1-9-4-2-7-12-14(9)15(19)11-6-3-5-10(8-13(17)18)16(11)20-12;/h2-7H,8H2,1H3,(H,17,18);. The van der Waals surface area contributed by atoms with Gasteiger partial charge in [-0.05, 0) is 24.6 Å². The summed E-state index contributed by atoms with van der Waals surface area (Å²) in [6.45, 7) is 1.85. The van der Waals surface area contributed by atoms with E-state index < -0.39 is 5.97 Å². The van der Waals surface area contributed by atoms with Crippen molar-refractivity contribution in [1.82, 2.24) is 0 Å². The molecule has 101 valence electrons. The molecule has 3 aromatic rings. The van der Waals surface area contributed by atoms with Crippen LogP contribution in [-0.2, 0) is 11.2 Å². The van der Waals surface area contributed by atoms with E-state index >= 15 is 0 Å². The van der Waals surface area contributed by atoms with Gasteiger partial charge in [0.1, 0.15) is 11.2 Å². The molecule has 0 amide bonds. The molecule has 1 aromatic heterocycles. The number of fused-ring (bicyclic) bond motifs is 2. The minimum Gasteiger partial charge on any atom is -0.481 e. The van der Waals surface area contributed by atoms with Crippen molar-refractivity contribution < 1.29 is 14.3 Å². The summed E-state index contributed by atoms with van der Waals surface area (Å²) >= 11 is 0. The van der Waals surface area contributed by atoms with Crippen LogP contribution in [0, 0.1) is 6.92 Å². The molecule has 0 aliphatic heterocycles. The summed E-state index contributed by atoms with van der Waals surface area (Å²) in [6, 6.07) is 10.4. The van der Waals surface area contributed by atoms with Gasteiger partial charge in [-0.25, -0.2) is 0 Å². The number of carbonyl (C=O) groups is 1. The van der Waals surface area contributed by atoms with Crippen molar-refractivity contribution in [2.75, 3.05) is 0 Å². The Kier molecular flexibility index (Phi) is 4.52. The third-order valence-electron chi connectivity index (χ3n) is 3.36. The summed E-state index contributed by atoms with van der Waals surface area (Å²) in [5.74, 6) is -0.954. The maximum Gasteiger partial charge on any atom is 0.307 e. The third kappa shape index (κ3) is 2.75. The molecule has 0 saturated heterocycles. The molecular formula is C16H12NaO4. The summed E-state index contributed by atoms with van der Waals surface area (Å²) < 4.78 is 5.78. The Bertz CT molecular complexity index is 896. The Morgan fingerprint density at radius 2 is 1.90 bits per heavy atom. The second-order valence-corrected chi connectivity index (χ2v) is 4.74. The van der Waals surface area contributed by atoms with Gasteiger partial charge in [0.25, 0.3) is 0 Å². The van der Waals surface area contributed by atoms with Gasteiger partial charge in [0.15, 0.2) is 0 Å². The van der Waals surface area contributed by atoms with E-state index in [1.54, 1.807) is 24.3 Å². The van der Waals surface area contributed by atoms with Gasteiger partial charge in [-0.1, -0.05) is 24.3 Å². The molecular weight excluding hydrogens is 279 g/mol. The average molecular weight is 291 g/mol. The second-order valence-electron chi connectivity index (χ2n) is 4.74. The summed E-state index contributed by atoms with van der Waals surface area (Å²) in [4.78, 5) is 23.4. The summed E-state index contributed by atoms with van der Waals surface area (Å²) in [5, 5.41) is 9.90. The summed E-state index contributed by atoms with van der Waals surface area (Å²) in [6.07, 6.45) is -0.169. The van der Waals surface area contributed by atoms with E-state index in [0.29, 0.717) is 27.5 Å². The molecule has 0 saturated carbocycles. The molecule has 4 nitrogen and oxygen atoms in total. The fraction of sp³-hybridized carbons (Fsp3) is 0.125. The minimum absolute atomic E-state index is 0. The topological polar surface area (TPSA) is 67.5 Å². The SMILES string of the molecule is Cc1cccc2oc3c(CC(=O)O)cccc3c(=O)c12.[Na]. The van der Waals surface area contributed by atoms with Crippen LogP contribution in [0.1, 0.15) is 11.1 Å². The largest absolute Gasteiger partial charge is 0.481 e. The zero-order valence-electron chi connectivity index (χ0n) is 11.8. The molecule has 0 fully saturated rings. The van der Waals surface area contributed by atoms with Crippen molar-refractivity contribution in [3.05, 3.63) is 57.7 Å². The molecule has 1 heterocycles. The van der Waals surface area contributed by atoms with Crippen molar-refractivity contribution in [3.8, 4) is 0 Å². The van der Waals surface area contributed by atoms with Crippen LogP contribution in [0.3, 0.4) is 0 Å². The molecule has 0 spiro atoms. The Labute approximate surface area is 142 Å². The number of carboxylic acids is 1. The number of rotatable bonds is 2. The molecule has 2 aromatic carbocycles. The predicted molar refractivity (Wildman–Crippen MR) is 81.8 cm³/mol. The smallest absolute Gasteiger partial charge is 0.307 e. The van der Waals surface area contributed by atoms with Crippen LogP contribution in [0.4, 0.5) is 0 Å². The van der Waals surface area contributed by atoms with Gasteiger partial charge >= 0.3 is 5.97 Å². The first-order valence-corrected chi connectivity index (χ1v) is 6.24. The van der Waals surface area contributed by atoms with Crippen LogP contribution in [-0.4, -0.2) is 40.6 Å². The van der Waals surface area contributed by atoms with Crippen molar-refractivity contribution >= 4 is 57.5 Å². The van der Waals surface area contributed by atoms with Crippen molar-refractivity contribution in [2.45, 2.75) is 13.3 Å². The molecule has 1 radical (unpaired) electrons.